The quantitative estimate of drug-likeness (QED) is 0.523. The fraction of sp³-hybridized carbons (Fsp3) is 0.308. The average Bonchev–Trinajstić information content (AvgIpc) is 2.89. The second kappa shape index (κ2) is 9.82. The van der Waals surface area contributed by atoms with Crippen molar-refractivity contribution in [2.24, 2.45) is 0 Å². The summed E-state index contributed by atoms with van der Waals surface area (Å²) in [4.78, 5) is 37.1. The molecule has 2 aliphatic heterocycles. The maximum atomic E-state index is 14.3. The monoisotopic (exact) mass is 524 g/mol. The van der Waals surface area contributed by atoms with Crippen molar-refractivity contribution in [2.45, 2.75) is 25.4 Å². The highest BCUT2D eigenvalue weighted by molar-refractivity contribution is 6.36. The Morgan fingerprint density at radius 1 is 1.24 bits per heavy atom. The number of hydrogen-bond donors (Lipinski definition) is 1. The number of rotatable bonds is 4. The first-order valence-electron chi connectivity index (χ1n) is 11.8. The van der Waals surface area contributed by atoms with Crippen molar-refractivity contribution in [2.75, 3.05) is 36.0 Å². The molecule has 1 atom stereocenters. The van der Waals surface area contributed by atoms with Crippen molar-refractivity contribution in [3.8, 4) is 6.07 Å². The lowest BCUT2D eigenvalue weighted by Gasteiger charge is -2.42. The summed E-state index contributed by atoms with van der Waals surface area (Å²) >= 11 is 6.34. The SMILES string of the molecule is C=C(F)C(=O)N1CCN(c2nc(=O)[nH]c3c2CCN(c2cccc4ccc(F)c(Cl)c24)C3)C[C@@H]1CC#N. The van der Waals surface area contributed by atoms with E-state index in [4.69, 9.17) is 11.6 Å². The summed E-state index contributed by atoms with van der Waals surface area (Å²) in [6, 6.07) is 10.1. The van der Waals surface area contributed by atoms with Gasteiger partial charge in [0.05, 0.1) is 30.1 Å². The molecule has 0 bridgehead atoms. The molecule has 3 aromatic rings. The molecule has 190 valence electrons. The molecule has 5 rings (SSSR count). The second-order valence-corrected chi connectivity index (χ2v) is 9.47. The Morgan fingerprint density at radius 3 is 2.81 bits per heavy atom. The van der Waals surface area contributed by atoms with E-state index in [1.807, 2.05) is 34.1 Å². The van der Waals surface area contributed by atoms with Crippen LogP contribution in [0.3, 0.4) is 0 Å². The zero-order valence-corrected chi connectivity index (χ0v) is 20.6. The van der Waals surface area contributed by atoms with E-state index < -0.39 is 29.3 Å². The summed E-state index contributed by atoms with van der Waals surface area (Å²) in [6.45, 7) is 4.74. The molecule has 1 fully saturated rings. The molecule has 37 heavy (non-hydrogen) atoms. The Morgan fingerprint density at radius 2 is 2.05 bits per heavy atom. The predicted molar refractivity (Wildman–Crippen MR) is 137 cm³/mol. The Kier molecular flexibility index (Phi) is 6.56. The van der Waals surface area contributed by atoms with Gasteiger partial charge in [-0.3, -0.25) is 4.79 Å². The van der Waals surface area contributed by atoms with E-state index in [0.717, 1.165) is 16.6 Å². The van der Waals surface area contributed by atoms with E-state index in [2.05, 4.69) is 16.5 Å². The number of carbonyl (C=O) groups excluding carboxylic acids is 1. The topological polar surface area (TPSA) is 96.3 Å². The van der Waals surface area contributed by atoms with Crippen molar-refractivity contribution in [3.63, 3.8) is 0 Å². The van der Waals surface area contributed by atoms with Gasteiger partial charge in [-0.1, -0.05) is 36.4 Å². The van der Waals surface area contributed by atoms with Crippen molar-refractivity contribution >= 4 is 39.8 Å². The van der Waals surface area contributed by atoms with Crippen molar-refractivity contribution in [3.05, 3.63) is 75.3 Å². The van der Waals surface area contributed by atoms with Gasteiger partial charge in [-0.05, 0) is 23.9 Å². The summed E-state index contributed by atoms with van der Waals surface area (Å²) < 4.78 is 27.8. The number of aromatic amines is 1. The minimum atomic E-state index is -1.07. The Hall–Kier alpha value is -3.97. The lowest BCUT2D eigenvalue weighted by atomic mass is 10.0. The van der Waals surface area contributed by atoms with E-state index in [9.17, 15) is 23.6 Å². The van der Waals surface area contributed by atoms with Crippen LogP contribution in [0.1, 0.15) is 17.7 Å². The molecular weight excluding hydrogens is 502 g/mol. The number of fused-ring (bicyclic) bond motifs is 2. The number of nitrogens with zero attached hydrogens (tertiary/aromatic N) is 5. The molecule has 1 saturated heterocycles. The largest absolute Gasteiger partial charge is 0.365 e. The van der Waals surface area contributed by atoms with E-state index in [-0.39, 0.29) is 24.5 Å². The molecule has 0 aliphatic carbocycles. The van der Waals surface area contributed by atoms with Gasteiger partial charge < -0.3 is 19.7 Å². The summed E-state index contributed by atoms with van der Waals surface area (Å²) in [5.74, 6) is -1.91. The first-order valence-corrected chi connectivity index (χ1v) is 12.2. The second-order valence-electron chi connectivity index (χ2n) is 9.10. The van der Waals surface area contributed by atoms with Crippen molar-refractivity contribution in [1.82, 2.24) is 14.9 Å². The standard InChI is InChI=1S/C26H23ClF2N6O2/c1-15(28)25(36)35-12-11-34(13-17(35)7-9-30)24-18-8-10-33(14-20(18)31-26(37)32-24)21-4-2-3-16-5-6-19(29)23(27)22(16)21/h2-6,17H,1,7-8,10-14H2,(H,31,32,37)/t17-/m0/s1. The number of amides is 1. The molecule has 2 aliphatic rings. The number of piperazine rings is 1. The number of halogens is 3. The van der Waals surface area contributed by atoms with Crippen LogP contribution in [0.5, 0.6) is 0 Å². The number of aromatic nitrogens is 2. The van der Waals surface area contributed by atoms with Crippen LogP contribution in [0.4, 0.5) is 20.3 Å². The van der Waals surface area contributed by atoms with Crippen LogP contribution >= 0.6 is 11.6 Å². The summed E-state index contributed by atoms with van der Waals surface area (Å²) in [7, 11) is 0. The molecule has 1 aromatic heterocycles. The molecule has 0 spiro atoms. The zero-order valence-electron chi connectivity index (χ0n) is 19.8. The maximum Gasteiger partial charge on any atom is 0.347 e. The Bertz CT molecular complexity index is 1520. The third-order valence-electron chi connectivity index (χ3n) is 6.94. The molecule has 0 unspecified atom stereocenters. The molecule has 1 amide bonds. The van der Waals surface area contributed by atoms with Gasteiger partial charge in [-0.15, -0.1) is 0 Å². The van der Waals surface area contributed by atoms with Gasteiger partial charge in [0.25, 0.3) is 5.91 Å². The number of H-pyrrole nitrogens is 1. The number of anilines is 2. The van der Waals surface area contributed by atoms with Gasteiger partial charge >= 0.3 is 5.69 Å². The van der Waals surface area contributed by atoms with Crippen molar-refractivity contribution < 1.29 is 13.6 Å². The molecule has 11 heteroatoms. The van der Waals surface area contributed by atoms with Gasteiger partial charge in [0, 0.05) is 48.5 Å². The highest BCUT2D eigenvalue weighted by Crippen LogP contribution is 2.37. The zero-order chi connectivity index (χ0) is 26.3. The van der Waals surface area contributed by atoms with Crippen LogP contribution in [0.25, 0.3) is 10.8 Å². The highest BCUT2D eigenvalue weighted by Gasteiger charge is 2.34. The number of hydrogen-bond acceptors (Lipinski definition) is 6. The van der Waals surface area contributed by atoms with Gasteiger partial charge in [0.1, 0.15) is 11.6 Å². The van der Waals surface area contributed by atoms with Gasteiger partial charge in [0.2, 0.25) is 0 Å². The number of benzene rings is 2. The number of nitriles is 1. The molecule has 8 nitrogen and oxygen atoms in total. The molecule has 0 radical (unpaired) electrons. The molecular formula is C26H23ClF2N6O2. The molecule has 3 heterocycles. The first kappa shape index (κ1) is 24.7. The Balaban J connectivity index is 1.47. The summed E-state index contributed by atoms with van der Waals surface area (Å²) in [5, 5.41) is 10.7. The van der Waals surface area contributed by atoms with Crippen molar-refractivity contribution in [1.29, 1.82) is 5.26 Å². The minimum absolute atomic E-state index is 0.00702. The van der Waals surface area contributed by atoms with Crippen LogP contribution in [0.15, 0.2) is 47.5 Å². The average molecular weight is 525 g/mol. The minimum Gasteiger partial charge on any atom is -0.365 e. The van der Waals surface area contributed by atoms with Crippen LogP contribution in [0, 0.1) is 17.1 Å². The lowest BCUT2D eigenvalue weighted by molar-refractivity contribution is -0.131. The van der Waals surface area contributed by atoms with E-state index in [0.29, 0.717) is 43.0 Å². The first-order chi connectivity index (χ1) is 17.8. The molecule has 0 saturated carbocycles. The summed E-state index contributed by atoms with van der Waals surface area (Å²) in [5.41, 5.74) is 1.78. The van der Waals surface area contributed by atoms with Crippen LogP contribution in [-0.2, 0) is 17.8 Å². The number of carbonyl (C=O) groups is 1. The fourth-order valence-corrected chi connectivity index (χ4v) is 5.49. The van der Waals surface area contributed by atoms with Crippen LogP contribution in [-0.4, -0.2) is 53.0 Å². The van der Waals surface area contributed by atoms with E-state index in [1.165, 1.54) is 11.0 Å². The van der Waals surface area contributed by atoms with Gasteiger partial charge in [-0.2, -0.15) is 10.2 Å². The molecule has 1 N–H and O–H groups in total. The van der Waals surface area contributed by atoms with Gasteiger partial charge in [-0.25, -0.2) is 13.6 Å². The van der Waals surface area contributed by atoms with Gasteiger partial charge in [0.15, 0.2) is 5.83 Å². The maximum absolute atomic E-state index is 14.3. The fourth-order valence-electron chi connectivity index (χ4n) is 5.22. The predicted octanol–water partition coefficient (Wildman–Crippen LogP) is 3.69. The molecule has 2 aromatic carbocycles. The van der Waals surface area contributed by atoms with Crippen LogP contribution < -0.4 is 15.5 Å². The summed E-state index contributed by atoms with van der Waals surface area (Å²) in [6.07, 6.45) is 0.550. The van der Waals surface area contributed by atoms with Crippen LogP contribution in [0.2, 0.25) is 5.02 Å². The lowest BCUT2D eigenvalue weighted by Crippen LogP contribution is -2.56. The van der Waals surface area contributed by atoms with E-state index in [1.54, 1.807) is 6.07 Å². The third-order valence-corrected chi connectivity index (χ3v) is 7.31. The van der Waals surface area contributed by atoms with E-state index >= 15 is 0 Å². The highest BCUT2D eigenvalue weighted by atomic mass is 35.5. The third kappa shape index (κ3) is 4.51. The Labute approximate surface area is 216 Å². The smallest absolute Gasteiger partial charge is 0.347 e. The normalized spacial score (nSPS) is 17.5. The number of nitrogens with one attached hydrogen (secondary N) is 1.